The number of carbonyl (C=O) groups is 1. The summed E-state index contributed by atoms with van der Waals surface area (Å²) >= 11 is 7.25. The van der Waals surface area contributed by atoms with Crippen molar-refractivity contribution in [3.8, 4) is 5.69 Å². The number of nitrogens with zero attached hydrogens (tertiary/aromatic N) is 3. The minimum Gasteiger partial charge on any atom is -0.366 e. The van der Waals surface area contributed by atoms with Crippen molar-refractivity contribution in [3.63, 3.8) is 0 Å². The van der Waals surface area contributed by atoms with Crippen LogP contribution in [-0.2, 0) is 22.8 Å². The molecule has 2 aliphatic heterocycles. The molecule has 11 heteroatoms. The monoisotopic (exact) mass is 510 g/mol. The lowest BCUT2D eigenvalue weighted by molar-refractivity contribution is -0.182. The van der Waals surface area contributed by atoms with E-state index >= 15 is 0 Å². The maximum atomic E-state index is 14.5. The topological polar surface area (TPSA) is 73.4 Å². The number of hydrogen-bond donors (Lipinski definition) is 1. The lowest BCUT2D eigenvalue weighted by Crippen LogP contribution is -2.48. The van der Waals surface area contributed by atoms with E-state index in [0.29, 0.717) is 47.4 Å². The number of aromatic nitrogens is 2. The molecule has 0 aliphatic carbocycles. The van der Waals surface area contributed by atoms with E-state index in [1.807, 2.05) is 6.92 Å². The van der Waals surface area contributed by atoms with E-state index in [0.717, 1.165) is 5.56 Å². The van der Waals surface area contributed by atoms with Crippen molar-refractivity contribution in [2.75, 3.05) is 19.7 Å². The zero-order chi connectivity index (χ0) is 24.3. The van der Waals surface area contributed by atoms with Gasteiger partial charge in [-0.3, -0.25) is 9.69 Å². The van der Waals surface area contributed by atoms with Gasteiger partial charge in [0, 0.05) is 41.8 Å². The van der Waals surface area contributed by atoms with Gasteiger partial charge in [-0.05, 0) is 38.0 Å². The summed E-state index contributed by atoms with van der Waals surface area (Å²) in [4.78, 5) is 14.5. The number of hydrogen-bond acceptors (Lipinski definition) is 5. The summed E-state index contributed by atoms with van der Waals surface area (Å²) in [5.41, 5.74) is 6.26. The number of rotatable bonds is 4. The standard InChI is InChI=1S/C23H22ClF3N4O2S/c1-13-14(11-31(29-13)19-15(21(28)32)3-2-4-17(19)25)10-30-7-5-22(6-8-30)20-16(9-18(24)34-20)23(26,27)12-33-22/h2-4,9,11H,5-8,10,12H2,1H3,(H2,28,32). The van der Waals surface area contributed by atoms with Crippen molar-refractivity contribution in [1.29, 1.82) is 0 Å². The molecule has 4 heterocycles. The number of amides is 1. The smallest absolute Gasteiger partial charge is 0.297 e. The number of benzene rings is 1. The molecule has 1 saturated heterocycles. The van der Waals surface area contributed by atoms with E-state index in [1.54, 1.807) is 6.20 Å². The average molecular weight is 511 g/mol. The van der Waals surface area contributed by atoms with Gasteiger partial charge in [-0.1, -0.05) is 17.7 Å². The molecule has 1 fully saturated rings. The number of likely N-dealkylation sites (tertiary alicyclic amines) is 1. The summed E-state index contributed by atoms with van der Waals surface area (Å²) in [7, 11) is 0. The summed E-state index contributed by atoms with van der Waals surface area (Å²) < 4.78 is 50.7. The van der Waals surface area contributed by atoms with Crippen LogP contribution < -0.4 is 5.73 Å². The Balaban J connectivity index is 1.34. The number of halogens is 4. The Labute approximate surface area is 203 Å². The first-order valence-corrected chi connectivity index (χ1v) is 12.0. The van der Waals surface area contributed by atoms with Crippen LogP contribution in [0.15, 0.2) is 30.5 Å². The number of para-hydroxylation sites is 1. The molecular weight excluding hydrogens is 489 g/mol. The Morgan fingerprint density at radius 1 is 1.32 bits per heavy atom. The highest BCUT2D eigenvalue weighted by molar-refractivity contribution is 7.16. The Bertz CT molecular complexity index is 1270. The van der Waals surface area contributed by atoms with Crippen molar-refractivity contribution < 1.29 is 22.7 Å². The zero-order valence-electron chi connectivity index (χ0n) is 18.3. The predicted octanol–water partition coefficient (Wildman–Crippen LogP) is 4.75. The van der Waals surface area contributed by atoms with Gasteiger partial charge < -0.3 is 10.5 Å². The van der Waals surface area contributed by atoms with Crippen LogP contribution in [0, 0.1) is 12.7 Å². The van der Waals surface area contributed by atoms with E-state index < -0.39 is 29.9 Å². The van der Waals surface area contributed by atoms with Crippen LogP contribution >= 0.6 is 22.9 Å². The quantitative estimate of drug-likeness (QED) is 0.550. The first-order valence-electron chi connectivity index (χ1n) is 10.8. The van der Waals surface area contributed by atoms with E-state index in [4.69, 9.17) is 22.1 Å². The first kappa shape index (κ1) is 23.3. The van der Waals surface area contributed by atoms with Crippen LogP contribution in [0.25, 0.3) is 5.69 Å². The third-order valence-corrected chi connectivity index (χ3v) is 8.03. The second-order valence-corrected chi connectivity index (χ2v) is 10.4. The molecule has 0 radical (unpaired) electrons. The molecule has 1 amide bonds. The number of nitrogens with two attached hydrogens (primary N) is 1. The van der Waals surface area contributed by atoms with Crippen LogP contribution in [0.1, 0.15) is 44.9 Å². The number of aryl methyl sites for hydroxylation is 1. The number of piperidine rings is 1. The molecule has 2 N–H and O–H groups in total. The molecule has 2 aliphatic rings. The van der Waals surface area contributed by atoms with Gasteiger partial charge in [0.05, 0.1) is 15.6 Å². The summed E-state index contributed by atoms with van der Waals surface area (Å²) in [6.07, 6.45) is 2.80. The summed E-state index contributed by atoms with van der Waals surface area (Å²) in [5, 5.41) is 4.40. The molecule has 180 valence electrons. The average Bonchev–Trinajstić information content (AvgIpc) is 3.36. The fourth-order valence-electron chi connectivity index (χ4n) is 4.74. The molecule has 5 rings (SSSR count). The molecule has 3 aromatic rings. The lowest BCUT2D eigenvalue weighted by Gasteiger charge is -2.45. The van der Waals surface area contributed by atoms with E-state index in [-0.39, 0.29) is 16.8 Å². The van der Waals surface area contributed by atoms with Crippen LogP contribution in [0.5, 0.6) is 0 Å². The molecule has 6 nitrogen and oxygen atoms in total. The molecule has 1 aromatic carbocycles. The number of thiophene rings is 1. The van der Waals surface area contributed by atoms with Crippen molar-refractivity contribution in [2.24, 2.45) is 5.73 Å². The van der Waals surface area contributed by atoms with E-state index in [1.165, 1.54) is 40.3 Å². The fourth-order valence-corrected chi connectivity index (χ4v) is 6.22. The molecule has 2 aromatic heterocycles. The summed E-state index contributed by atoms with van der Waals surface area (Å²) in [5.74, 6) is -4.37. The molecule has 0 saturated carbocycles. The second kappa shape index (κ2) is 8.37. The summed E-state index contributed by atoms with van der Waals surface area (Å²) in [6.45, 7) is 2.95. The molecule has 34 heavy (non-hydrogen) atoms. The van der Waals surface area contributed by atoms with Crippen molar-refractivity contribution >= 4 is 28.8 Å². The van der Waals surface area contributed by atoms with Crippen molar-refractivity contribution in [3.05, 3.63) is 67.9 Å². The fraction of sp³-hybridized carbons (Fsp3) is 0.391. The third kappa shape index (κ3) is 3.92. The van der Waals surface area contributed by atoms with Crippen LogP contribution in [0.2, 0.25) is 4.34 Å². The third-order valence-electron chi connectivity index (χ3n) is 6.58. The largest absolute Gasteiger partial charge is 0.366 e. The normalized spacial score (nSPS) is 19.3. The SMILES string of the molecule is Cc1nn(-c2c(F)cccc2C(N)=O)cc1CN1CCC2(CC1)OCC(F)(F)c1cc(Cl)sc12. The second-order valence-electron chi connectivity index (χ2n) is 8.74. The number of carbonyl (C=O) groups excluding carboxylic acids is 1. The number of ether oxygens (including phenoxy) is 1. The van der Waals surface area contributed by atoms with Crippen molar-refractivity contribution in [2.45, 2.75) is 37.8 Å². The van der Waals surface area contributed by atoms with Crippen LogP contribution in [-0.4, -0.2) is 40.3 Å². The highest BCUT2D eigenvalue weighted by atomic mass is 35.5. The van der Waals surface area contributed by atoms with Gasteiger partial charge in [0.15, 0.2) is 0 Å². The van der Waals surface area contributed by atoms with Gasteiger partial charge in [0.25, 0.3) is 11.8 Å². The van der Waals surface area contributed by atoms with Crippen LogP contribution in [0.3, 0.4) is 0 Å². The molecule has 0 atom stereocenters. The van der Waals surface area contributed by atoms with Crippen molar-refractivity contribution in [1.82, 2.24) is 14.7 Å². The van der Waals surface area contributed by atoms with E-state index in [2.05, 4.69) is 10.00 Å². The van der Waals surface area contributed by atoms with Gasteiger partial charge in [0.1, 0.15) is 23.7 Å². The van der Waals surface area contributed by atoms with E-state index in [9.17, 15) is 18.0 Å². The Kier molecular flexibility index (Phi) is 5.75. The lowest BCUT2D eigenvalue weighted by atomic mass is 9.84. The minimum absolute atomic E-state index is 0.0144. The number of fused-ring (bicyclic) bond motifs is 2. The molecule has 0 unspecified atom stereocenters. The highest BCUT2D eigenvalue weighted by Gasteiger charge is 2.51. The predicted molar refractivity (Wildman–Crippen MR) is 122 cm³/mol. The van der Waals surface area contributed by atoms with Gasteiger partial charge in [0.2, 0.25) is 0 Å². The molecule has 0 bridgehead atoms. The zero-order valence-corrected chi connectivity index (χ0v) is 19.9. The Morgan fingerprint density at radius 2 is 2.06 bits per heavy atom. The Morgan fingerprint density at radius 3 is 2.76 bits per heavy atom. The van der Waals surface area contributed by atoms with Gasteiger partial charge in [-0.2, -0.15) is 13.9 Å². The van der Waals surface area contributed by atoms with Gasteiger partial charge >= 0.3 is 0 Å². The first-order chi connectivity index (χ1) is 16.1. The molecular formula is C23H22ClF3N4O2S. The maximum Gasteiger partial charge on any atom is 0.297 e. The molecule has 1 spiro atoms. The maximum absolute atomic E-state index is 14.5. The van der Waals surface area contributed by atoms with Gasteiger partial charge in [-0.25, -0.2) is 9.07 Å². The number of alkyl halides is 2. The summed E-state index contributed by atoms with van der Waals surface area (Å²) in [6, 6.07) is 5.50. The van der Waals surface area contributed by atoms with Crippen LogP contribution in [0.4, 0.5) is 13.2 Å². The minimum atomic E-state index is -3.04. The van der Waals surface area contributed by atoms with Gasteiger partial charge in [-0.15, -0.1) is 11.3 Å². The number of primary amides is 1. The Hall–Kier alpha value is -2.40. The highest BCUT2D eigenvalue weighted by Crippen LogP contribution is 2.52.